The summed E-state index contributed by atoms with van der Waals surface area (Å²) in [6.07, 6.45) is 2.78. The molecule has 4 heteroatoms. The minimum Gasteiger partial charge on any atom is -0.490 e. The van der Waals surface area contributed by atoms with Crippen molar-refractivity contribution in [2.45, 2.75) is 45.1 Å². The quantitative estimate of drug-likeness (QED) is 0.752. The lowest BCUT2D eigenvalue weighted by Gasteiger charge is -2.17. The summed E-state index contributed by atoms with van der Waals surface area (Å²) in [4.78, 5) is 9.17. The van der Waals surface area contributed by atoms with Gasteiger partial charge in [-0.25, -0.2) is 9.97 Å². The molecule has 1 aliphatic rings. The predicted octanol–water partition coefficient (Wildman–Crippen LogP) is 4.74. The second-order valence-corrected chi connectivity index (χ2v) is 7.30. The number of nitrogens with zero attached hydrogens (tertiary/aromatic N) is 2. The summed E-state index contributed by atoms with van der Waals surface area (Å²) >= 11 is 3.48. The molecule has 0 bridgehead atoms. The van der Waals surface area contributed by atoms with Crippen LogP contribution in [-0.4, -0.2) is 16.1 Å². The van der Waals surface area contributed by atoms with E-state index in [9.17, 15) is 0 Å². The van der Waals surface area contributed by atoms with Gasteiger partial charge in [0, 0.05) is 11.0 Å². The van der Waals surface area contributed by atoms with E-state index in [1.54, 1.807) is 0 Å². The first-order valence-corrected chi connectivity index (χ1v) is 8.03. The van der Waals surface area contributed by atoms with Gasteiger partial charge in [0.2, 0.25) is 0 Å². The topological polar surface area (TPSA) is 35.0 Å². The summed E-state index contributed by atoms with van der Waals surface area (Å²) in [5.41, 5.74) is 1.93. The predicted molar refractivity (Wildman–Crippen MR) is 87.5 cm³/mol. The van der Waals surface area contributed by atoms with Crippen molar-refractivity contribution in [2.24, 2.45) is 0 Å². The fourth-order valence-corrected chi connectivity index (χ4v) is 2.37. The maximum absolute atomic E-state index is 5.78. The number of hydrogen-bond donors (Lipinski definition) is 0. The molecule has 21 heavy (non-hydrogen) atoms. The molecule has 0 spiro atoms. The van der Waals surface area contributed by atoms with Gasteiger partial charge in [0.1, 0.15) is 16.2 Å². The third kappa shape index (κ3) is 3.62. The van der Waals surface area contributed by atoms with Crippen LogP contribution in [0.5, 0.6) is 5.75 Å². The van der Waals surface area contributed by atoms with Crippen LogP contribution in [0.1, 0.15) is 39.4 Å². The first-order valence-electron chi connectivity index (χ1n) is 7.24. The number of hydrogen-bond acceptors (Lipinski definition) is 3. The van der Waals surface area contributed by atoms with Crippen molar-refractivity contribution < 1.29 is 4.74 Å². The van der Waals surface area contributed by atoms with Gasteiger partial charge >= 0.3 is 0 Å². The molecule has 1 aromatic heterocycles. The van der Waals surface area contributed by atoms with E-state index in [4.69, 9.17) is 9.72 Å². The van der Waals surface area contributed by atoms with E-state index < -0.39 is 0 Å². The first kappa shape index (κ1) is 14.5. The van der Waals surface area contributed by atoms with E-state index in [0.717, 1.165) is 27.4 Å². The molecular weight excluding hydrogens is 328 g/mol. The van der Waals surface area contributed by atoms with Crippen LogP contribution in [0.15, 0.2) is 34.9 Å². The Bertz CT molecular complexity index is 643. The fraction of sp³-hybridized carbons (Fsp3) is 0.412. The molecule has 0 amide bonds. The Labute approximate surface area is 133 Å². The van der Waals surface area contributed by atoms with Gasteiger partial charge in [0.25, 0.3) is 0 Å². The van der Waals surface area contributed by atoms with Crippen LogP contribution in [-0.2, 0) is 5.41 Å². The Morgan fingerprint density at radius 2 is 1.76 bits per heavy atom. The summed E-state index contributed by atoms with van der Waals surface area (Å²) in [6.45, 7) is 6.35. The molecule has 1 aromatic carbocycles. The summed E-state index contributed by atoms with van der Waals surface area (Å²) in [5.74, 6) is 1.77. The monoisotopic (exact) mass is 346 g/mol. The molecular formula is C17H19BrN2O. The Morgan fingerprint density at radius 3 is 2.33 bits per heavy atom. The molecule has 3 rings (SSSR count). The molecule has 0 saturated heterocycles. The number of ether oxygens (including phenoxy) is 1. The van der Waals surface area contributed by atoms with Crippen LogP contribution >= 0.6 is 15.9 Å². The minimum absolute atomic E-state index is 0.0758. The third-order valence-electron chi connectivity index (χ3n) is 3.34. The molecule has 0 N–H and O–H groups in total. The van der Waals surface area contributed by atoms with Crippen molar-refractivity contribution >= 4 is 15.9 Å². The molecule has 0 atom stereocenters. The van der Waals surface area contributed by atoms with Crippen molar-refractivity contribution in [3.63, 3.8) is 0 Å². The maximum atomic E-state index is 5.78. The highest BCUT2D eigenvalue weighted by Gasteiger charge is 2.23. The Morgan fingerprint density at radius 1 is 1.10 bits per heavy atom. The second kappa shape index (κ2) is 5.41. The molecule has 1 saturated carbocycles. The van der Waals surface area contributed by atoms with Gasteiger partial charge in [0.15, 0.2) is 0 Å². The second-order valence-electron chi connectivity index (χ2n) is 6.49. The Balaban J connectivity index is 1.90. The van der Waals surface area contributed by atoms with Gasteiger partial charge in [-0.15, -0.1) is 0 Å². The van der Waals surface area contributed by atoms with Gasteiger partial charge in [-0.1, -0.05) is 20.8 Å². The highest BCUT2D eigenvalue weighted by Crippen LogP contribution is 2.29. The van der Waals surface area contributed by atoms with Crippen molar-refractivity contribution in [2.75, 3.05) is 0 Å². The van der Waals surface area contributed by atoms with E-state index in [2.05, 4.69) is 53.8 Å². The first-order chi connectivity index (χ1) is 9.91. The van der Waals surface area contributed by atoms with Gasteiger partial charge in [-0.05, 0) is 59.1 Å². The lowest BCUT2D eigenvalue weighted by molar-refractivity contribution is 0.303. The average Bonchev–Trinajstić information content (AvgIpc) is 3.22. The summed E-state index contributed by atoms with van der Waals surface area (Å²) in [7, 11) is 0. The SMILES string of the molecule is CC(C)(C)c1nc(Br)cc(-c2ccc(OC3CC3)cc2)n1. The largest absolute Gasteiger partial charge is 0.490 e. The van der Waals surface area contributed by atoms with Crippen LogP contribution < -0.4 is 4.74 Å². The van der Waals surface area contributed by atoms with Crippen LogP contribution in [0, 0.1) is 0 Å². The van der Waals surface area contributed by atoms with E-state index in [1.807, 2.05) is 18.2 Å². The standard InChI is InChI=1S/C17H19BrN2O/c1-17(2,3)16-19-14(10-15(18)20-16)11-4-6-12(7-5-11)21-13-8-9-13/h4-7,10,13H,8-9H2,1-3H3. The zero-order valence-corrected chi connectivity index (χ0v) is 14.1. The smallest absolute Gasteiger partial charge is 0.135 e. The van der Waals surface area contributed by atoms with Gasteiger partial charge < -0.3 is 4.74 Å². The number of halogens is 1. The Hall–Kier alpha value is -1.42. The van der Waals surface area contributed by atoms with Gasteiger partial charge in [0.05, 0.1) is 11.8 Å². The lowest BCUT2D eigenvalue weighted by Crippen LogP contribution is -2.16. The average molecular weight is 347 g/mol. The molecule has 110 valence electrons. The van der Waals surface area contributed by atoms with E-state index in [-0.39, 0.29) is 5.41 Å². The number of benzene rings is 1. The van der Waals surface area contributed by atoms with Crippen LogP contribution in [0.3, 0.4) is 0 Å². The molecule has 1 fully saturated rings. The fourth-order valence-electron chi connectivity index (χ4n) is 1.98. The van der Waals surface area contributed by atoms with Gasteiger partial charge in [-0.3, -0.25) is 0 Å². The number of aromatic nitrogens is 2. The highest BCUT2D eigenvalue weighted by molar-refractivity contribution is 9.10. The molecule has 0 unspecified atom stereocenters. The van der Waals surface area contributed by atoms with E-state index >= 15 is 0 Å². The van der Waals surface area contributed by atoms with E-state index in [1.165, 1.54) is 12.8 Å². The normalized spacial score (nSPS) is 15.0. The molecule has 0 aliphatic heterocycles. The molecule has 1 aliphatic carbocycles. The zero-order valence-electron chi connectivity index (χ0n) is 12.6. The maximum Gasteiger partial charge on any atom is 0.135 e. The summed E-state index contributed by atoms with van der Waals surface area (Å²) in [5, 5.41) is 0. The van der Waals surface area contributed by atoms with Crippen LogP contribution in [0.25, 0.3) is 11.3 Å². The molecule has 0 radical (unpaired) electrons. The summed E-state index contributed by atoms with van der Waals surface area (Å²) < 4.78 is 6.59. The minimum atomic E-state index is -0.0758. The van der Waals surface area contributed by atoms with E-state index in [0.29, 0.717) is 6.10 Å². The van der Waals surface area contributed by atoms with Crippen LogP contribution in [0.2, 0.25) is 0 Å². The lowest BCUT2D eigenvalue weighted by atomic mass is 9.95. The summed E-state index contributed by atoms with van der Waals surface area (Å²) in [6, 6.07) is 10.1. The van der Waals surface area contributed by atoms with Crippen molar-refractivity contribution in [3.05, 3.63) is 40.8 Å². The highest BCUT2D eigenvalue weighted by atomic mass is 79.9. The number of rotatable bonds is 3. The molecule has 2 aromatic rings. The van der Waals surface area contributed by atoms with Crippen molar-refractivity contribution in [3.8, 4) is 17.0 Å². The zero-order chi connectivity index (χ0) is 15.0. The van der Waals surface area contributed by atoms with Crippen molar-refractivity contribution in [1.29, 1.82) is 0 Å². The third-order valence-corrected chi connectivity index (χ3v) is 3.75. The van der Waals surface area contributed by atoms with Crippen LogP contribution in [0.4, 0.5) is 0 Å². The van der Waals surface area contributed by atoms with Gasteiger partial charge in [-0.2, -0.15) is 0 Å². The van der Waals surface area contributed by atoms with Crippen molar-refractivity contribution in [1.82, 2.24) is 9.97 Å². The molecule has 1 heterocycles. The molecule has 3 nitrogen and oxygen atoms in total. The Kier molecular flexibility index (Phi) is 3.74.